The third kappa shape index (κ3) is 2.68. The molecule has 0 bridgehead atoms. The number of hydrogen-bond acceptors (Lipinski definition) is 4. The van der Waals surface area contributed by atoms with Crippen LogP contribution < -0.4 is 16.4 Å². The maximum Gasteiger partial charge on any atom is 0.317 e. The second kappa shape index (κ2) is 6.20. The molecule has 1 amide bonds. The fraction of sp³-hybridized carbons (Fsp3) is 0.0556. The van der Waals surface area contributed by atoms with Crippen molar-refractivity contribution in [3.05, 3.63) is 74.5 Å². The van der Waals surface area contributed by atoms with Crippen LogP contribution in [0.2, 0.25) is 5.02 Å². The van der Waals surface area contributed by atoms with Gasteiger partial charge in [-0.3, -0.25) is 19.0 Å². The maximum atomic E-state index is 12.5. The number of hydrogen-bond donors (Lipinski definition) is 2. The molecule has 26 heavy (non-hydrogen) atoms. The average molecular weight is 370 g/mol. The quantitative estimate of drug-likeness (QED) is 0.542. The third-order valence-electron chi connectivity index (χ3n) is 4.02. The number of fused-ring (bicyclic) bond motifs is 2. The highest BCUT2D eigenvalue weighted by molar-refractivity contribution is 6.35. The molecule has 0 aliphatic carbocycles. The number of para-hydroxylation sites is 2. The molecular formula is C18H12ClN3O4. The highest BCUT2D eigenvalue weighted by Crippen LogP contribution is 2.30. The number of aromatic nitrogens is 2. The van der Waals surface area contributed by atoms with Crippen LogP contribution in [-0.2, 0) is 11.3 Å². The van der Waals surface area contributed by atoms with Crippen molar-refractivity contribution in [2.45, 2.75) is 6.54 Å². The molecule has 4 aromatic rings. The van der Waals surface area contributed by atoms with Gasteiger partial charge in [-0.05, 0) is 30.3 Å². The number of amides is 1. The predicted octanol–water partition coefficient (Wildman–Crippen LogP) is 2.73. The summed E-state index contributed by atoms with van der Waals surface area (Å²) in [5, 5.41) is 3.87. The fourth-order valence-corrected chi connectivity index (χ4v) is 3.05. The molecule has 7 nitrogen and oxygen atoms in total. The van der Waals surface area contributed by atoms with Crippen molar-refractivity contribution in [3.8, 4) is 0 Å². The molecule has 2 heterocycles. The number of benzene rings is 2. The molecule has 0 aliphatic heterocycles. The molecule has 0 unspecified atom stereocenters. The van der Waals surface area contributed by atoms with E-state index in [1.807, 2.05) is 0 Å². The topological polar surface area (TPSA) is 97.1 Å². The normalized spacial score (nSPS) is 11.1. The molecule has 130 valence electrons. The SMILES string of the molecule is O=C(Cn1c(=O)c(=O)[nH]c2ccccc21)Nc1ccc(Cl)c2ccoc12. The standard InChI is InChI=1S/C18H12ClN3O4/c19-11-5-6-13(16-10(11)7-8-26-16)20-15(23)9-22-14-4-2-1-3-12(14)21-17(24)18(22)25/h1-8H,9H2,(H,20,23)(H,21,24). The van der Waals surface area contributed by atoms with Crippen LogP contribution in [0, 0.1) is 0 Å². The zero-order valence-electron chi connectivity index (χ0n) is 13.3. The summed E-state index contributed by atoms with van der Waals surface area (Å²) in [6, 6.07) is 11.7. The van der Waals surface area contributed by atoms with E-state index in [9.17, 15) is 14.4 Å². The van der Waals surface area contributed by atoms with E-state index in [0.717, 1.165) is 4.57 Å². The lowest BCUT2D eigenvalue weighted by Gasteiger charge is -2.10. The van der Waals surface area contributed by atoms with Gasteiger partial charge >= 0.3 is 11.1 Å². The van der Waals surface area contributed by atoms with Crippen molar-refractivity contribution >= 4 is 45.2 Å². The summed E-state index contributed by atoms with van der Waals surface area (Å²) in [6.07, 6.45) is 1.47. The van der Waals surface area contributed by atoms with Crippen molar-refractivity contribution in [2.24, 2.45) is 0 Å². The summed E-state index contributed by atoms with van der Waals surface area (Å²) in [7, 11) is 0. The Morgan fingerprint density at radius 2 is 1.96 bits per heavy atom. The first-order valence-corrected chi connectivity index (χ1v) is 8.10. The lowest BCUT2D eigenvalue weighted by atomic mass is 10.2. The van der Waals surface area contributed by atoms with Gasteiger partial charge in [0.05, 0.1) is 28.0 Å². The van der Waals surface area contributed by atoms with Gasteiger partial charge in [0.2, 0.25) is 5.91 Å². The fourth-order valence-electron chi connectivity index (χ4n) is 2.84. The number of nitrogens with one attached hydrogen (secondary N) is 2. The van der Waals surface area contributed by atoms with Crippen LogP contribution in [0.3, 0.4) is 0 Å². The molecule has 8 heteroatoms. The number of halogens is 1. The Morgan fingerprint density at radius 1 is 1.15 bits per heavy atom. The number of rotatable bonds is 3. The van der Waals surface area contributed by atoms with Gasteiger partial charge in [0.25, 0.3) is 0 Å². The highest BCUT2D eigenvalue weighted by atomic mass is 35.5. The van der Waals surface area contributed by atoms with E-state index in [1.165, 1.54) is 6.26 Å². The maximum absolute atomic E-state index is 12.5. The largest absolute Gasteiger partial charge is 0.462 e. The first-order chi connectivity index (χ1) is 12.5. The Hall–Kier alpha value is -3.32. The van der Waals surface area contributed by atoms with Gasteiger partial charge in [-0.1, -0.05) is 23.7 Å². The Balaban J connectivity index is 1.71. The first kappa shape index (κ1) is 16.2. The number of nitrogens with zero attached hydrogens (tertiary/aromatic N) is 1. The van der Waals surface area contributed by atoms with Crippen molar-refractivity contribution in [2.75, 3.05) is 5.32 Å². The number of carbonyl (C=O) groups is 1. The minimum atomic E-state index is -0.793. The van der Waals surface area contributed by atoms with Crippen molar-refractivity contribution in [1.29, 1.82) is 0 Å². The predicted molar refractivity (Wildman–Crippen MR) is 98.7 cm³/mol. The van der Waals surface area contributed by atoms with E-state index in [0.29, 0.717) is 32.7 Å². The van der Waals surface area contributed by atoms with E-state index in [1.54, 1.807) is 42.5 Å². The molecule has 2 aromatic carbocycles. The molecule has 0 saturated carbocycles. The first-order valence-electron chi connectivity index (χ1n) is 7.72. The summed E-state index contributed by atoms with van der Waals surface area (Å²) in [5.74, 6) is -0.470. The van der Waals surface area contributed by atoms with Gasteiger partial charge in [-0.2, -0.15) is 0 Å². The lowest BCUT2D eigenvalue weighted by molar-refractivity contribution is -0.116. The van der Waals surface area contributed by atoms with E-state index in [2.05, 4.69) is 10.3 Å². The van der Waals surface area contributed by atoms with Crippen LogP contribution in [0.4, 0.5) is 5.69 Å². The smallest absolute Gasteiger partial charge is 0.317 e. The van der Waals surface area contributed by atoms with Gasteiger partial charge in [-0.25, -0.2) is 0 Å². The number of carbonyl (C=O) groups excluding carboxylic acids is 1. The summed E-state index contributed by atoms with van der Waals surface area (Å²) in [6.45, 7) is -0.311. The van der Waals surface area contributed by atoms with Gasteiger partial charge < -0.3 is 14.7 Å². The van der Waals surface area contributed by atoms with Crippen LogP contribution in [0.25, 0.3) is 22.0 Å². The van der Waals surface area contributed by atoms with Crippen molar-refractivity contribution < 1.29 is 9.21 Å². The van der Waals surface area contributed by atoms with Crippen molar-refractivity contribution in [1.82, 2.24) is 9.55 Å². The van der Waals surface area contributed by atoms with Gasteiger partial charge in [-0.15, -0.1) is 0 Å². The van der Waals surface area contributed by atoms with Crippen LogP contribution in [-0.4, -0.2) is 15.5 Å². The Labute approximate surface area is 150 Å². The Bertz CT molecular complexity index is 1270. The van der Waals surface area contributed by atoms with Crippen LogP contribution in [0.15, 0.2) is 62.7 Å². The molecule has 2 aromatic heterocycles. The molecule has 0 saturated heterocycles. The van der Waals surface area contributed by atoms with Gasteiger partial charge in [0.1, 0.15) is 6.54 Å². The van der Waals surface area contributed by atoms with Crippen LogP contribution in [0.1, 0.15) is 0 Å². The summed E-state index contributed by atoms with van der Waals surface area (Å²) in [4.78, 5) is 39.0. The zero-order valence-corrected chi connectivity index (χ0v) is 14.0. The summed E-state index contributed by atoms with van der Waals surface area (Å²) >= 11 is 6.08. The molecule has 0 atom stereocenters. The highest BCUT2D eigenvalue weighted by Gasteiger charge is 2.14. The molecular weight excluding hydrogens is 358 g/mol. The summed E-state index contributed by atoms with van der Waals surface area (Å²) < 4.78 is 6.51. The lowest BCUT2D eigenvalue weighted by Crippen LogP contribution is -2.38. The van der Waals surface area contributed by atoms with E-state index in [-0.39, 0.29) is 6.54 Å². The molecule has 4 rings (SSSR count). The molecule has 2 N–H and O–H groups in total. The van der Waals surface area contributed by atoms with Gasteiger partial charge in [0, 0.05) is 5.39 Å². The molecule has 0 radical (unpaired) electrons. The molecule has 0 aliphatic rings. The van der Waals surface area contributed by atoms with E-state index < -0.39 is 17.0 Å². The zero-order chi connectivity index (χ0) is 18.3. The number of H-pyrrole nitrogens is 1. The van der Waals surface area contributed by atoms with E-state index >= 15 is 0 Å². The average Bonchev–Trinajstić information content (AvgIpc) is 3.12. The monoisotopic (exact) mass is 369 g/mol. The molecule has 0 fully saturated rings. The second-order valence-corrected chi connectivity index (χ2v) is 6.08. The second-order valence-electron chi connectivity index (χ2n) is 5.67. The minimum absolute atomic E-state index is 0.311. The van der Waals surface area contributed by atoms with Crippen molar-refractivity contribution in [3.63, 3.8) is 0 Å². The van der Waals surface area contributed by atoms with Gasteiger partial charge in [0.15, 0.2) is 5.58 Å². The number of aromatic amines is 1. The Kier molecular flexibility index (Phi) is 3.85. The number of furan rings is 1. The van der Waals surface area contributed by atoms with E-state index in [4.69, 9.17) is 16.0 Å². The van der Waals surface area contributed by atoms with Crippen LogP contribution in [0.5, 0.6) is 0 Å². The minimum Gasteiger partial charge on any atom is -0.462 e. The Morgan fingerprint density at radius 3 is 2.81 bits per heavy atom. The van der Waals surface area contributed by atoms with Crippen LogP contribution >= 0.6 is 11.6 Å². The third-order valence-corrected chi connectivity index (χ3v) is 4.35. The molecule has 0 spiro atoms. The number of anilines is 1. The summed E-state index contributed by atoms with van der Waals surface area (Å²) in [5.41, 5.74) is 0.237.